The Kier molecular flexibility index (Phi) is 4.22. The highest BCUT2D eigenvalue weighted by atomic mass is 32.2. The van der Waals surface area contributed by atoms with E-state index in [9.17, 15) is 18.3 Å². The summed E-state index contributed by atoms with van der Waals surface area (Å²) in [7, 11) is -4.02. The molecule has 21 heavy (non-hydrogen) atoms. The molecule has 7 nitrogen and oxygen atoms in total. The Bertz CT molecular complexity index is 651. The van der Waals surface area contributed by atoms with Gasteiger partial charge in [0.2, 0.25) is 10.0 Å². The number of anilines is 1. The molecule has 1 aromatic rings. The first-order valence-electron chi connectivity index (χ1n) is 6.58. The standard InChI is InChI=1S/C13H18N2O5S/c14-9-3-4-11(10(7-9)12(16)17)21(19,20)15-8-13(18)5-1-2-6-13/h3-4,7,15,18H,1-2,5-6,8,14H2,(H,16,17). The molecule has 1 aliphatic carbocycles. The zero-order valence-electron chi connectivity index (χ0n) is 11.4. The molecule has 0 bridgehead atoms. The number of benzene rings is 1. The lowest BCUT2D eigenvalue weighted by atomic mass is 10.0. The van der Waals surface area contributed by atoms with Crippen molar-refractivity contribution in [2.75, 3.05) is 12.3 Å². The Hall–Kier alpha value is -1.64. The van der Waals surface area contributed by atoms with E-state index < -0.39 is 21.6 Å². The van der Waals surface area contributed by atoms with Gasteiger partial charge in [0.05, 0.1) is 16.1 Å². The van der Waals surface area contributed by atoms with Gasteiger partial charge in [0.25, 0.3) is 0 Å². The van der Waals surface area contributed by atoms with Crippen LogP contribution in [0.15, 0.2) is 23.1 Å². The molecule has 1 saturated carbocycles. The minimum atomic E-state index is -4.02. The molecule has 0 heterocycles. The first-order chi connectivity index (χ1) is 9.73. The number of nitrogens with two attached hydrogens (primary N) is 1. The van der Waals surface area contributed by atoms with Gasteiger partial charge < -0.3 is 15.9 Å². The molecule has 0 spiro atoms. The highest BCUT2D eigenvalue weighted by Gasteiger charge is 2.33. The van der Waals surface area contributed by atoms with Gasteiger partial charge in [-0.1, -0.05) is 12.8 Å². The third-order valence-corrected chi connectivity index (χ3v) is 5.11. The topological polar surface area (TPSA) is 130 Å². The first kappa shape index (κ1) is 15.7. The molecule has 0 atom stereocenters. The number of nitrogens with one attached hydrogen (secondary N) is 1. The van der Waals surface area contributed by atoms with Crippen molar-refractivity contribution in [1.82, 2.24) is 4.72 Å². The minimum absolute atomic E-state index is 0.126. The van der Waals surface area contributed by atoms with Crippen molar-refractivity contribution in [3.8, 4) is 0 Å². The first-order valence-corrected chi connectivity index (χ1v) is 8.07. The van der Waals surface area contributed by atoms with Gasteiger partial charge in [-0.15, -0.1) is 0 Å². The van der Waals surface area contributed by atoms with Crippen molar-refractivity contribution in [3.05, 3.63) is 23.8 Å². The average molecular weight is 314 g/mol. The van der Waals surface area contributed by atoms with Crippen LogP contribution in [0.5, 0.6) is 0 Å². The van der Waals surface area contributed by atoms with Gasteiger partial charge in [0, 0.05) is 12.2 Å². The SMILES string of the molecule is Nc1ccc(S(=O)(=O)NCC2(O)CCCC2)c(C(=O)O)c1. The molecule has 0 aromatic heterocycles. The molecule has 0 saturated heterocycles. The summed E-state index contributed by atoms with van der Waals surface area (Å²) >= 11 is 0. The fourth-order valence-electron chi connectivity index (χ4n) is 2.47. The van der Waals surface area contributed by atoms with Crippen LogP contribution < -0.4 is 10.5 Å². The molecule has 1 aromatic carbocycles. The maximum absolute atomic E-state index is 12.2. The van der Waals surface area contributed by atoms with E-state index in [1.807, 2.05) is 0 Å². The summed E-state index contributed by atoms with van der Waals surface area (Å²) in [5, 5.41) is 19.2. The molecular formula is C13H18N2O5S. The molecule has 8 heteroatoms. The number of nitrogen functional groups attached to an aromatic ring is 1. The summed E-state index contributed by atoms with van der Waals surface area (Å²) in [6.07, 6.45) is 2.76. The maximum atomic E-state index is 12.2. The van der Waals surface area contributed by atoms with Crippen molar-refractivity contribution >= 4 is 21.7 Å². The fourth-order valence-corrected chi connectivity index (χ4v) is 3.76. The van der Waals surface area contributed by atoms with Crippen molar-refractivity contribution in [1.29, 1.82) is 0 Å². The Morgan fingerprint density at radius 1 is 1.33 bits per heavy atom. The largest absolute Gasteiger partial charge is 0.478 e. The Labute approximate surface area is 122 Å². The molecule has 2 rings (SSSR count). The van der Waals surface area contributed by atoms with E-state index in [0.29, 0.717) is 12.8 Å². The smallest absolute Gasteiger partial charge is 0.337 e. The number of hydrogen-bond acceptors (Lipinski definition) is 5. The van der Waals surface area contributed by atoms with E-state index in [-0.39, 0.29) is 22.7 Å². The van der Waals surface area contributed by atoms with Crippen molar-refractivity contribution in [2.45, 2.75) is 36.2 Å². The quantitative estimate of drug-likeness (QED) is 0.587. The van der Waals surface area contributed by atoms with Crippen LogP contribution in [0.25, 0.3) is 0 Å². The van der Waals surface area contributed by atoms with Gasteiger partial charge in [-0.25, -0.2) is 17.9 Å². The molecule has 0 amide bonds. The number of carboxylic acid groups (broad SMARTS) is 1. The lowest BCUT2D eigenvalue weighted by Gasteiger charge is -2.22. The van der Waals surface area contributed by atoms with Crippen LogP contribution >= 0.6 is 0 Å². The third-order valence-electron chi connectivity index (χ3n) is 3.65. The van der Waals surface area contributed by atoms with Crippen LogP contribution in [0.1, 0.15) is 36.0 Å². The summed E-state index contributed by atoms with van der Waals surface area (Å²) in [5.41, 5.74) is 4.21. The number of aromatic carboxylic acids is 1. The molecule has 1 fully saturated rings. The number of rotatable bonds is 5. The Morgan fingerprint density at radius 3 is 2.52 bits per heavy atom. The van der Waals surface area contributed by atoms with Crippen LogP contribution in [0.4, 0.5) is 5.69 Å². The van der Waals surface area contributed by atoms with E-state index in [0.717, 1.165) is 25.0 Å². The number of hydrogen-bond donors (Lipinski definition) is 4. The summed E-state index contributed by atoms with van der Waals surface area (Å²) in [6, 6.07) is 3.58. The van der Waals surface area contributed by atoms with Gasteiger partial charge in [0.15, 0.2) is 0 Å². The number of carboxylic acids is 1. The Balaban J connectivity index is 2.25. The number of aliphatic hydroxyl groups is 1. The number of sulfonamides is 1. The molecule has 1 aliphatic rings. The molecule has 116 valence electrons. The van der Waals surface area contributed by atoms with Crippen LogP contribution in [0.3, 0.4) is 0 Å². The molecule has 0 aliphatic heterocycles. The van der Waals surface area contributed by atoms with Crippen LogP contribution in [-0.4, -0.2) is 36.7 Å². The second-order valence-corrected chi connectivity index (χ2v) is 7.05. The van der Waals surface area contributed by atoms with Gasteiger partial charge in [-0.2, -0.15) is 0 Å². The fraction of sp³-hybridized carbons (Fsp3) is 0.462. The second kappa shape index (κ2) is 5.63. The molecule has 5 N–H and O–H groups in total. The Morgan fingerprint density at radius 2 is 1.95 bits per heavy atom. The van der Waals surface area contributed by atoms with Crippen LogP contribution in [0, 0.1) is 0 Å². The van der Waals surface area contributed by atoms with Gasteiger partial charge >= 0.3 is 5.97 Å². The summed E-state index contributed by atoms with van der Waals surface area (Å²) in [5.74, 6) is -1.37. The summed E-state index contributed by atoms with van der Waals surface area (Å²) in [4.78, 5) is 10.8. The zero-order chi connectivity index (χ0) is 15.7. The predicted molar refractivity (Wildman–Crippen MR) is 76.4 cm³/mol. The zero-order valence-corrected chi connectivity index (χ0v) is 12.2. The second-order valence-electron chi connectivity index (χ2n) is 5.32. The highest BCUT2D eigenvalue weighted by molar-refractivity contribution is 7.89. The van der Waals surface area contributed by atoms with Crippen LogP contribution in [-0.2, 0) is 10.0 Å². The van der Waals surface area contributed by atoms with Gasteiger partial charge in [0.1, 0.15) is 0 Å². The van der Waals surface area contributed by atoms with E-state index in [1.54, 1.807) is 0 Å². The van der Waals surface area contributed by atoms with E-state index in [4.69, 9.17) is 10.8 Å². The third kappa shape index (κ3) is 3.52. The normalized spacial score (nSPS) is 17.8. The van der Waals surface area contributed by atoms with Crippen molar-refractivity contribution < 1.29 is 23.4 Å². The summed E-state index contributed by atoms with van der Waals surface area (Å²) < 4.78 is 26.8. The van der Waals surface area contributed by atoms with Gasteiger partial charge in [-0.05, 0) is 31.0 Å². The van der Waals surface area contributed by atoms with Crippen molar-refractivity contribution in [3.63, 3.8) is 0 Å². The number of carbonyl (C=O) groups is 1. The summed E-state index contributed by atoms with van der Waals surface area (Å²) in [6.45, 7) is -0.126. The lowest BCUT2D eigenvalue weighted by Crippen LogP contribution is -2.41. The van der Waals surface area contributed by atoms with E-state index >= 15 is 0 Å². The van der Waals surface area contributed by atoms with E-state index in [1.165, 1.54) is 6.07 Å². The van der Waals surface area contributed by atoms with Crippen molar-refractivity contribution in [2.24, 2.45) is 0 Å². The maximum Gasteiger partial charge on any atom is 0.337 e. The lowest BCUT2D eigenvalue weighted by molar-refractivity contribution is 0.0532. The predicted octanol–water partition coefficient (Wildman–Crippen LogP) is 0.550. The minimum Gasteiger partial charge on any atom is -0.478 e. The van der Waals surface area contributed by atoms with Gasteiger partial charge in [-0.3, -0.25) is 0 Å². The average Bonchev–Trinajstić information content (AvgIpc) is 2.84. The molecular weight excluding hydrogens is 296 g/mol. The van der Waals surface area contributed by atoms with E-state index in [2.05, 4.69) is 4.72 Å². The molecule has 0 unspecified atom stereocenters. The highest BCUT2D eigenvalue weighted by Crippen LogP contribution is 2.29. The molecule has 0 radical (unpaired) electrons. The monoisotopic (exact) mass is 314 g/mol. The van der Waals surface area contributed by atoms with Crippen LogP contribution in [0.2, 0.25) is 0 Å².